The van der Waals surface area contributed by atoms with Crippen LogP contribution in [0.25, 0.3) is 0 Å². The first-order valence-corrected chi connectivity index (χ1v) is 9.95. The van der Waals surface area contributed by atoms with E-state index >= 15 is 0 Å². The first kappa shape index (κ1) is 18.5. The number of benzene rings is 1. The molecule has 7 heteroatoms. The number of aryl methyl sites for hydroxylation is 2. The van der Waals surface area contributed by atoms with Gasteiger partial charge in [0, 0.05) is 63.8 Å². The molecule has 0 unspecified atom stereocenters. The third kappa shape index (κ3) is 3.61. The van der Waals surface area contributed by atoms with Crippen molar-refractivity contribution >= 4 is 17.5 Å². The molecule has 28 heavy (non-hydrogen) atoms. The van der Waals surface area contributed by atoms with Gasteiger partial charge < -0.3 is 14.7 Å². The summed E-state index contributed by atoms with van der Waals surface area (Å²) in [5.74, 6) is -0.000745. The minimum absolute atomic E-state index is 0.0230. The molecule has 0 N–H and O–H groups in total. The molecule has 0 spiro atoms. The Bertz CT molecular complexity index is 840. The minimum atomic E-state index is -0.0238. The molecule has 0 bridgehead atoms. The predicted molar refractivity (Wildman–Crippen MR) is 108 cm³/mol. The molecule has 2 aliphatic rings. The molecule has 1 aromatic heterocycles. The maximum Gasteiger partial charge on any atom is 0.274 e. The molecule has 148 valence electrons. The number of nitrogens with zero attached hydrogens (tertiary/aromatic N) is 5. The second kappa shape index (κ2) is 7.66. The summed E-state index contributed by atoms with van der Waals surface area (Å²) in [6, 6.07) is 9.57. The van der Waals surface area contributed by atoms with Crippen LogP contribution in [0.4, 0.5) is 5.69 Å². The molecule has 1 aromatic carbocycles. The van der Waals surface area contributed by atoms with Gasteiger partial charge in [-0.2, -0.15) is 5.10 Å². The second-order valence-corrected chi connectivity index (χ2v) is 7.73. The fourth-order valence-corrected chi connectivity index (χ4v) is 3.88. The highest BCUT2D eigenvalue weighted by molar-refractivity contribution is 5.95. The molecule has 0 radical (unpaired) electrons. The molecule has 1 fully saturated rings. The van der Waals surface area contributed by atoms with Crippen molar-refractivity contribution in [2.24, 2.45) is 0 Å². The lowest BCUT2D eigenvalue weighted by molar-refractivity contribution is 0.0532. The standard InChI is InChI=1S/C21H27N5O2/c1-23(2)17-8-6-16(7-9-17)20(27)24-11-13-25(14-12-24)21(28)19-15-18-5-3-4-10-26(18)22-19/h6-9,15H,3-5,10-14H2,1-2H3. The Morgan fingerprint density at radius 3 is 2.14 bits per heavy atom. The van der Waals surface area contributed by atoms with E-state index in [4.69, 9.17) is 0 Å². The first-order valence-electron chi connectivity index (χ1n) is 9.95. The molecule has 1 saturated heterocycles. The second-order valence-electron chi connectivity index (χ2n) is 7.73. The summed E-state index contributed by atoms with van der Waals surface area (Å²) in [6.45, 7) is 3.09. The van der Waals surface area contributed by atoms with Crippen LogP contribution >= 0.6 is 0 Å². The van der Waals surface area contributed by atoms with Crippen molar-refractivity contribution in [3.05, 3.63) is 47.3 Å². The van der Waals surface area contributed by atoms with E-state index in [1.807, 2.05) is 63.8 Å². The topological polar surface area (TPSA) is 61.7 Å². The van der Waals surface area contributed by atoms with Crippen LogP contribution in [0.3, 0.4) is 0 Å². The largest absolute Gasteiger partial charge is 0.378 e. The molecule has 0 atom stereocenters. The molecule has 4 rings (SSSR count). The third-order valence-electron chi connectivity index (χ3n) is 5.62. The maximum absolute atomic E-state index is 12.8. The lowest BCUT2D eigenvalue weighted by atomic mass is 10.1. The van der Waals surface area contributed by atoms with Crippen molar-refractivity contribution in [1.29, 1.82) is 0 Å². The van der Waals surface area contributed by atoms with Crippen molar-refractivity contribution in [2.75, 3.05) is 45.2 Å². The monoisotopic (exact) mass is 381 g/mol. The van der Waals surface area contributed by atoms with E-state index in [9.17, 15) is 9.59 Å². The molecule has 3 heterocycles. The van der Waals surface area contributed by atoms with Gasteiger partial charge in [-0.3, -0.25) is 14.3 Å². The number of hydrogen-bond donors (Lipinski definition) is 0. The maximum atomic E-state index is 12.8. The van der Waals surface area contributed by atoms with E-state index in [2.05, 4.69) is 5.10 Å². The number of aromatic nitrogens is 2. The van der Waals surface area contributed by atoms with Crippen LogP contribution < -0.4 is 4.90 Å². The Kier molecular flexibility index (Phi) is 5.07. The Morgan fingerprint density at radius 1 is 0.893 bits per heavy atom. The van der Waals surface area contributed by atoms with Crippen LogP contribution in [0, 0.1) is 0 Å². The van der Waals surface area contributed by atoms with Crippen molar-refractivity contribution in [3.63, 3.8) is 0 Å². The van der Waals surface area contributed by atoms with Crippen molar-refractivity contribution < 1.29 is 9.59 Å². The minimum Gasteiger partial charge on any atom is -0.378 e. The van der Waals surface area contributed by atoms with E-state index in [1.54, 1.807) is 0 Å². The molecular formula is C21H27N5O2. The van der Waals surface area contributed by atoms with Gasteiger partial charge in [-0.05, 0) is 49.6 Å². The fourth-order valence-electron chi connectivity index (χ4n) is 3.88. The van der Waals surface area contributed by atoms with Gasteiger partial charge in [-0.1, -0.05) is 0 Å². The van der Waals surface area contributed by atoms with Crippen molar-refractivity contribution in [2.45, 2.75) is 25.8 Å². The van der Waals surface area contributed by atoms with E-state index in [0.717, 1.165) is 37.2 Å². The summed E-state index contributed by atoms with van der Waals surface area (Å²) in [4.78, 5) is 31.2. The van der Waals surface area contributed by atoms with Crippen LogP contribution in [-0.2, 0) is 13.0 Å². The van der Waals surface area contributed by atoms with Crippen molar-refractivity contribution in [1.82, 2.24) is 19.6 Å². The van der Waals surface area contributed by atoms with Gasteiger partial charge in [0.2, 0.25) is 0 Å². The van der Waals surface area contributed by atoms with Crippen LogP contribution in [0.15, 0.2) is 30.3 Å². The molecule has 7 nitrogen and oxygen atoms in total. The molecule has 2 aliphatic heterocycles. The number of piperazine rings is 1. The van der Waals surface area contributed by atoms with E-state index in [1.165, 1.54) is 0 Å². The SMILES string of the molecule is CN(C)c1ccc(C(=O)N2CCN(C(=O)c3cc4n(n3)CCCC4)CC2)cc1. The average molecular weight is 381 g/mol. The van der Waals surface area contributed by atoms with Crippen LogP contribution in [0.5, 0.6) is 0 Å². The number of fused-ring (bicyclic) bond motifs is 1. The lowest BCUT2D eigenvalue weighted by Gasteiger charge is -2.34. The Balaban J connectivity index is 1.36. The summed E-state index contributed by atoms with van der Waals surface area (Å²) in [7, 11) is 3.95. The van der Waals surface area contributed by atoms with Gasteiger partial charge in [0.1, 0.15) is 0 Å². The molecular weight excluding hydrogens is 354 g/mol. The quantitative estimate of drug-likeness (QED) is 0.815. The number of hydrogen-bond acceptors (Lipinski definition) is 4. The van der Waals surface area contributed by atoms with Gasteiger partial charge >= 0.3 is 0 Å². The van der Waals surface area contributed by atoms with Crippen LogP contribution in [0.1, 0.15) is 39.4 Å². The number of carbonyl (C=O) groups is 2. The van der Waals surface area contributed by atoms with Crippen LogP contribution in [-0.4, -0.2) is 71.7 Å². The Hall–Kier alpha value is -2.83. The Morgan fingerprint density at radius 2 is 1.54 bits per heavy atom. The van der Waals surface area contributed by atoms with E-state index in [-0.39, 0.29) is 11.8 Å². The number of rotatable bonds is 3. The number of carbonyl (C=O) groups excluding carboxylic acids is 2. The molecule has 2 amide bonds. The zero-order valence-corrected chi connectivity index (χ0v) is 16.6. The van der Waals surface area contributed by atoms with Gasteiger partial charge in [0.25, 0.3) is 11.8 Å². The van der Waals surface area contributed by atoms with Gasteiger partial charge in [-0.25, -0.2) is 0 Å². The molecule has 0 aliphatic carbocycles. The lowest BCUT2D eigenvalue weighted by Crippen LogP contribution is -2.50. The van der Waals surface area contributed by atoms with Gasteiger partial charge in [0.15, 0.2) is 5.69 Å². The number of amides is 2. The summed E-state index contributed by atoms with van der Waals surface area (Å²) < 4.78 is 1.97. The van der Waals surface area contributed by atoms with Crippen molar-refractivity contribution in [3.8, 4) is 0 Å². The van der Waals surface area contributed by atoms with Gasteiger partial charge in [0.05, 0.1) is 0 Å². The summed E-state index contributed by atoms with van der Waals surface area (Å²) >= 11 is 0. The Labute approximate surface area is 165 Å². The smallest absolute Gasteiger partial charge is 0.274 e. The highest BCUT2D eigenvalue weighted by atomic mass is 16.2. The average Bonchev–Trinajstić information content (AvgIpc) is 3.17. The highest BCUT2D eigenvalue weighted by Gasteiger charge is 2.27. The summed E-state index contributed by atoms with van der Waals surface area (Å²) in [6.07, 6.45) is 3.28. The summed E-state index contributed by atoms with van der Waals surface area (Å²) in [5.41, 5.74) is 3.45. The third-order valence-corrected chi connectivity index (χ3v) is 5.62. The first-order chi connectivity index (χ1) is 13.5. The molecule has 0 saturated carbocycles. The van der Waals surface area contributed by atoms with Crippen LogP contribution in [0.2, 0.25) is 0 Å². The highest BCUT2D eigenvalue weighted by Crippen LogP contribution is 2.18. The zero-order valence-electron chi connectivity index (χ0n) is 16.6. The van der Waals surface area contributed by atoms with E-state index in [0.29, 0.717) is 37.4 Å². The molecule has 2 aromatic rings. The normalized spacial score (nSPS) is 16.6. The fraction of sp³-hybridized carbons (Fsp3) is 0.476. The van der Waals surface area contributed by atoms with E-state index < -0.39 is 0 Å². The van der Waals surface area contributed by atoms with Gasteiger partial charge in [-0.15, -0.1) is 0 Å². The zero-order chi connectivity index (χ0) is 19.7. The predicted octanol–water partition coefficient (Wildman–Crippen LogP) is 1.88. The number of anilines is 1. The summed E-state index contributed by atoms with van der Waals surface area (Å²) in [5, 5.41) is 4.49.